The summed E-state index contributed by atoms with van der Waals surface area (Å²) in [7, 11) is 1.30. The van der Waals surface area contributed by atoms with Crippen LogP contribution in [0.4, 0.5) is 0 Å². The van der Waals surface area contributed by atoms with E-state index in [4.69, 9.17) is 15.2 Å². The van der Waals surface area contributed by atoms with Gasteiger partial charge in [-0.2, -0.15) is 0 Å². The molecular formula is C20H23NO4. The minimum atomic E-state index is -0.569. The number of ether oxygens (including phenoxy) is 2. The van der Waals surface area contributed by atoms with Crippen LogP contribution in [0, 0.1) is 0 Å². The monoisotopic (exact) mass is 341 g/mol. The molecule has 0 fully saturated rings. The number of esters is 1. The molecule has 0 amide bonds. The Balaban J connectivity index is 2.14. The molecule has 2 N–H and O–H groups in total. The van der Waals surface area contributed by atoms with Crippen LogP contribution in [-0.2, 0) is 19.1 Å². The first-order chi connectivity index (χ1) is 11.9. The maximum Gasteiger partial charge on any atom is 0.340 e. The Morgan fingerprint density at radius 3 is 2.52 bits per heavy atom. The van der Waals surface area contributed by atoms with E-state index in [1.165, 1.54) is 12.7 Å². The Bertz CT molecular complexity index is 771. The first-order valence-corrected chi connectivity index (χ1v) is 8.56. The molecule has 0 aromatic heterocycles. The molecular weight excluding hydrogens is 318 g/mol. The fourth-order valence-corrected chi connectivity index (χ4v) is 3.47. The smallest absolute Gasteiger partial charge is 0.340 e. The van der Waals surface area contributed by atoms with E-state index in [0.29, 0.717) is 30.1 Å². The van der Waals surface area contributed by atoms with E-state index in [9.17, 15) is 9.59 Å². The normalized spacial score (nSPS) is 20.5. The Morgan fingerprint density at radius 1 is 1.24 bits per heavy atom. The van der Waals surface area contributed by atoms with Gasteiger partial charge >= 0.3 is 5.97 Å². The third-order valence-electron chi connectivity index (χ3n) is 4.83. The molecule has 0 bridgehead atoms. The number of benzene rings is 1. The van der Waals surface area contributed by atoms with Gasteiger partial charge in [-0.3, -0.25) is 4.79 Å². The Labute approximate surface area is 147 Å². The van der Waals surface area contributed by atoms with Gasteiger partial charge in [-0.05, 0) is 23.5 Å². The Kier molecular flexibility index (Phi) is 4.66. The molecule has 1 aromatic rings. The van der Waals surface area contributed by atoms with Crippen LogP contribution in [0.5, 0.6) is 0 Å². The van der Waals surface area contributed by atoms with Gasteiger partial charge in [-0.15, -0.1) is 0 Å². The van der Waals surface area contributed by atoms with Crippen LogP contribution in [0.2, 0.25) is 0 Å². The quantitative estimate of drug-likeness (QED) is 0.854. The molecule has 1 aliphatic carbocycles. The van der Waals surface area contributed by atoms with E-state index in [-0.39, 0.29) is 17.2 Å². The van der Waals surface area contributed by atoms with Gasteiger partial charge in [-0.1, -0.05) is 38.1 Å². The molecule has 0 saturated heterocycles. The van der Waals surface area contributed by atoms with Crippen molar-refractivity contribution in [2.24, 2.45) is 5.73 Å². The number of allylic oxidation sites excluding steroid dienone is 2. The van der Waals surface area contributed by atoms with Crippen molar-refractivity contribution < 1.29 is 19.1 Å². The zero-order valence-corrected chi connectivity index (χ0v) is 14.8. The molecule has 0 saturated carbocycles. The fraction of sp³-hybridized carbons (Fsp3) is 0.400. The van der Waals surface area contributed by atoms with Crippen molar-refractivity contribution in [3.05, 3.63) is 58.2 Å². The summed E-state index contributed by atoms with van der Waals surface area (Å²) in [5.41, 5.74) is 8.80. The zero-order chi connectivity index (χ0) is 18.1. The summed E-state index contributed by atoms with van der Waals surface area (Å²) in [4.78, 5) is 24.9. The topological polar surface area (TPSA) is 78.6 Å². The molecule has 1 aromatic carbocycles. The van der Waals surface area contributed by atoms with Gasteiger partial charge in [0.25, 0.3) is 0 Å². The van der Waals surface area contributed by atoms with Gasteiger partial charge in [0.15, 0.2) is 5.78 Å². The summed E-state index contributed by atoms with van der Waals surface area (Å²) in [6.45, 7) is 4.24. The number of carbonyl (C=O) groups is 2. The van der Waals surface area contributed by atoms with E-state index < -0.39 is 11.9 Å². The first kappa shape index (κ1) is 17.3. The minimum Gasteiger partial charge on any atom is -0.465 e. The lowest BCUT2D eigenvalue weighted by Gasteiger charge is -2.32. The second-order valence-electron chi connectivity index (χ2n) is 6.74. The van der Waals surface area contributed by atoms with Gasteiger partial charge in [0, 0.05) is 18.4 Å². The highest BCUT2D eigenvalue weighted by Gasteiger charge is 2.40. The minimum absolute atomic E-state index is 0.00749. The van der Waals surface area contributed by atoms with Crippen molar-refractivity contribution in [1.29, 1.82) is 0 Å². The number of ketones is 1. The van der Waals surface area contributed by atoms with Gasteiger partial charge < -0.3 is 15.2 Å². The van der Waals surface area contributed by atoms with E-state index in [1.54, 1.807) is 0 Å². The van der Waals surface area contributed by atoms with E-state index >= 15 is 0 Å². The number of rotatable bonds is 3. The van der Waals surface area contributed by atoms with Gasteiger partial charge in [-0.25, -0.2) is 4.79 Å². The lowest BCUT2D eigenvalue weighted by atomic mass is 9.77. The van der Waals surface area contributed by atoms with Gasteiger partial charge in [0.2, 0.25) is 5.88 Å². The number of methoxy groups -OCH3 is 1. The largest absolute Gasteiger partial charge is 0.465 e. The first-order valence-electron chi connectivity index (χ1n) is 8.56. The van der Waals surface area contributed by atoms with Crippen molar-refractivity contribution >= 4 is 11.8 Å². The summed E-state index contributed by atoms with van der Waals surface area (Å²) in [6.07, 6.45) is 1.84. The number of nitrogens with two attached hydrogens (primary N) is 1. The number of hydrogen-bond acceptors (Lipinski definition) is 5. The van der Waals surface area contributed by atoms with Gasteiger partial charge in [0.1, 0.15) is 11.3 Å². The van der Waals surface area contributed by atoms with Crippen LogP contribution in [0.3, 0.4) is 0 Å². The lowest BCUT2D eigenvalue weighted by molar-refractivity contribution is -0.136. The van der Waals surface area contributed by atoms with Crippen LogP contribution in [-0.4, -0.2) is 18.9 Å². The summed E-state index contributed by atoms with van der Waals surface area (Å²) >= 11 is 0. The average molecular weight is 341 g/mol. The molecule has 1 atom stereocenters. The molecule has 1 heterocycles. The van der Waals surface area contributed by atoms with Crippen LogP contribution in [0.25, 0.3) is 0 Å². The number of Topliss-reactive ketones (excluding diaryl/α,β-unsaturated/α-hetero) is 1. The Hall–Kier alpha value is -2.56. The summed E-state index contributed by atoms with van der Waals surface area (Å²) < 4.78 is 10.5. The summed E-state index contributed by atoms with van der Waals surface area (Å²) in [5, 5.41) is 0. The van der Waals surface area contributed by atoms with Crippen molar-refractivity contribution in [3.63, 3.8) is 0 Å². The molecule has 2 aliphatic rings. The molecule has 0 spiro atoms. The maximum atomic E-state index is 12.6. The van der Waals surface area contributed by atoms with E-state index in [0.717, 1.165) is 12.0 Å². The fourth-order valence-electron chi connectivity index (χ4n) is 3.47. The standard InChI is InChI=1S/C20H23NO4/c1-11(2)12-7-9-13(10-8-12)16-17-14(22)5-4-6-15(17)25-19(21)18(16)20(23)24-3/h7-11,16H,4-6,21H2,1-3H3/t16-/m0/s1. The molecule has 5 heteroatoms. The summed E-state index contributed by atoms with van der Waals surface area (Å²) in [5.74, 6) is -0.0910. The molecule has 132 valence electrons. The second-order valence-corrected chi connectivity index (χ2v) is 6.74. The maximum absolute atomic E-state index is 12.6. The zero-order valence-electron chi connectivity index (χ0n) is 14.8. The lowest BCUT2D eigenvalue weighted by Crippen LogP contribution is -2.31. The van der Waals surface area contributed by atoms with Crippen LogP contribution in [0.15, 0.2) is 47.1 Å². The van der Waals surface area contributed by atoms with E-state index in [1.807, 2.05) is 24.3 Å². The molecule has 0 radical (unpaired) electrons. The predicted molar refractivity (Wildman–Crippen MR) is 93.5 cm³/mol. The molecule has 1 aliphatic heterocycles. The average Bonchev–Trinajstić information content (AvgIpc) is 2.60. The molecule has 5 nitrogen and oxygen atoms in total. The molecule has 0 unspecified atom stereocenters. The second kappa shape index (κ2) is 6.75. The molecule has 3 rings (SSSR count). The van der Waals surface area contributed by atoms with Crippen molar-refractivity contribution in [2.45, 2.75) is 44.9 Å². The third-order valence-corrected chi connectivity index (χ3v) is 4.83. The number of hydrogen-bond donors (Lipinski definition) is 1. The highest BCUT2D eigenvalue weighted by molar-refractivity contribution is 6.03. The van der Waals surface area contributed by atoms with E-state index in [2.05, 4.69) is 13.8 Å². The van der Waals surface area contributed by atoms with Gasteiger partial charge in [0.05, 0.1) is 13.0 Å². The Morgan fingerprint density at radius 2 is 1.92 bits per heavy atom. The van der Waals surface area contributed by atoms with Crippen LogP contribution < -0.4 is 5.73 Å². The summed E-state index contributed by atoms with van der Waals surface area (Å²) in [6, 6.07) is 7.95. The molecule has 25 heavy (non-hydrogen) atoms. The van der Waals surface area contributed by atoms with Crippen molar-refractivity contribution in [1.82, 2.24) is 0 Å². The highest BCUT2D eigenvalue weighted by Crippen LogP contribution is 2.44. The van der Waals surface area contributed by atoms with Crippen LogP contribution >= 0.6 is 0 Å². The van der Waals surface area contributed by atoms with Crippen LogP contribution in [0.1, 0.15) is 56.1 Å². The highest BCUT2D eigenvalue weighted by atomic mass is 16.5. The van der Waals surface area contributed by atoms with Crippen molar-refractivity contribution in [2.75, 3.05) is 7.11 Å². The third kappa shape index (κ3) is 3.06. The number of carbonyl (C=O) groups excluding carboxylic acids is 2. The van der Waals surface area contributed by atoms with Crippen molar-refractivity contribution in [3.8, 4) is 0 Å². The predicted octanol–water partition coefficient (Wildman–Crippen LogP) is 3.27. The SMILES string of the molecule is COC(=O)C1=C(N)OC2=C(C(=O)CCC2)[C@@H]1c1ccc(C(C)C)cc1.